The molecule has 0 aliphatic carbocycles. The number of pyridine rings is 1. The van der Waals surface area contributed by atoms with Crippen molar-refractivity contribution >= 4 is 42.2 Å². The lowest BCUT2D eigenvalue weighted by Gasteiger charge is -2.33. The Bertz CT molecular complexity index is 1240. The zero-order valence-electron chi connectivity index (χ0n) is 25.9. The second-order valence-electron chi connectivity index (χ2n) is 13.0. The fourth-order valence-corrected chi connectivity index (χ4v) is 4.78. The van der Waals surface area contributed by atoms with Gasteiger partial charge in [-0.1, -0.05) is 6.07 Å². The third-order valence-electron chi connectivity index (χ3n) is 8.00. The lowest BCUT2D eigenvalue weighted by Crippen LogP contribution is -2.44. The summed E-state index contributed by atoms with van der Waals surface area (Å²) in [6.07, 6.45) is 2.16. The minimum Gasteiger partial charge on any atom is -0.444 e. The molecule has 0 bridgehead atoms. The molecule has 2 fully saturated rings. The van der Waals surface area contributed by atoms with Gasteiger partial charge < -0.3 is 34.1 Å². The number of nitrogens with zero attached hydrogens (tertiary/aromatic N) is 4. The molecule has 2 aliphatic rings. The van der Waals surface area contributed by atoms with Crippen LogP contribution in [0.2, 0.25) is 0 Å². The largest absolute Gasteiger partial charge is 0.495 e. The summed E-state index contributed by atoms with van der Waals surface area (Å²) in [6.45, 7) is 17.4. The molecule has 1 aromatic heterocycles. The average molecular weight is 566 g/mol. The highest BCUT2D eigenvalue weighted by atomic mass is 16.7. The van der Waals surface area contributed by atoms with E-state index in [1.54, 1.807) is 7.05 Å². The molecule has 222 valence electrons. The number of nitrogens with one attached hydrogen (secondary N) is 1. The number of aromatic nitrogens is 1. The molecule has 0 unspecified atom stereocenters. The lowest BCUT2D eigenvalue weighted by molar-refractivity contribution is 0.00578. The number of aldehydes is 1. The lowest BCUT2D eigenvalue weighted by atomic mass is 9.74. The smallest absolute Gasteiger partial charge is 0.444 e. The third kappa shape index (κ3) is 7.02. The van der Waals surface area contributed by atoms with Gasteiger partial charge in [0, 0.05) is 45.3 Å². The van der Waals surface area contributed by atoms with Crippen LogP contribution in [0.25, 0.3) is 0 Å². The molecular weight excluding hydrogens is 521 g/mol. The average Bonchev–Trinajstić information content (AvgIpc) is 3.10. The van der Waals surface area contributed by atoms with Crippen LogP contribution in [0.1, 0.15) is 64.4 Å². The van der Waals surface area contributed by atoms with Gasteiger partial charge in [-0.25, -0.2) is 9.78 Å². The van der Waals surface area contributed by atoms with Crippen molar-refractivity contribution < 1.29 is 23.6 Å². The van der Waals surface area contributed by atoms with Gasteiger partial charge in [-0.15, -0.1) is 0 Å². The molecule has 2 saturated heterocycles. The van der Waals surface area contributed by atoms with E-state index in [9.17, 15) is 9.59 Å². The molecule has 1 N–H and O–H groups in total. The van der Waals surface area contributed by atoms with Crippen molar-refractivity contribution in [3.05, 3.63) is 41.6 Å². The summed E-state index contributed by atoms with van der Waals surface area (Å²) in [5.74, 6) is 0.612. The van der Waals surface area contributed by atoms with Crippen LogP contribution in [0.15, 0.2) is 30.5 Å². The van der Waals surface area contributed by atoms with Gasteiger partial charge in [0.05, 0.1) is 28.8 Å². The Labute approximate surface area is 244 Å². The third-order valence-corrected chi connectivity index (χ3v) is 8.00. The van der Waals surface area contributed by atoms with Crippen molar-refractivity contribution in [2.45, 2.75) is 71.8 Å². The van der Waals surface area contributed by atoms with Gasteiger partial charge in [0.2, 0.25) is 0 Å². The minimum atomic E-state index is -0.712. The molecule has 2 aromatic rings. The predicted molar refractivity (Wildman–Crippen MR) is 162 cm³/mol. The number of hydrogen-bond donors (Lipinski definition) is 1. The summed E-state index contributed by atoms with van der Waals surface area (Å²) in [7, 11) is 3.07. The Hall–Kier alpha value is -3.15. The van der Waals surface area contributed by atoms with E-state index in [4.69, 9.17) is 14.0 Å². The SMILES string of the molecule is CN1CCN(c2ccc(Nc3ccc(B4OC(C)(C)C(C)(C)O4)c(CN(C)C(=O)OC(C)(C)C)c3C=O)nc2)CC1. The van der Waals surface area contributed by atoms with E-state index in [0.717, 1.165) is 38.2 Å². The summed E-state index contributed by atoms with van der Waals surface area (Å²) in [6, 6.07) is 7.67. The van der Waals surface area contributed by atoms with Crippen LogP contribution in [0.4, 0.5) is 22.0 Å². The zero-order valence-corrected chi connectivity index (χ0v) is 25.9. The first-order valence-electron chi connectivity index (χ1n) is 14.2. The van der Waals surface area contributed by atoms with E-state index >= 15 is 0 Å². The molecule has 1 aromatic carbocycles. The molecule has 4 rings (SSSR count). The Balaban J connectivity index is 1.65. The van der Waals surface area contributed by atoms with Gasteiger partial charge >= 0.3 is 13.2 Å². The number of piperazine rings is 1. The van der Waals surface area contributed by atoms with Crippen LogP contribution in [-0.2, 0) is 20.6 Å². The molecule has 0 saturated carbocycles. The fourth-order valence-electron chi connectivity index (χ4n) is 4.78. The second kappa shape index (κ2) is 11.6. The van der Waals surface area contributed by atoms with Crippen molar-refractivity contribution in [1.82, 2.24) is 14.8 Å². The van der Waals surface area contributed by atoms with Gasteiger partial charge in [0.15, 0.2) is 6.29 Å². The number of carbonyl (C=O) groups is 2. The first-order chi connectivity index (χ1) is 19.1. The van der Waals surface area contributed by atoms with E-state index in [1.807, 2.05) is 78.9 Å². The Morgan fingerprint density at radius 3 is 2.27 bits per heavy atom. The standard InChI is InChI=1S/C30H44BN5O5/c1-28(2,3)39-27(38)35(9)19-22-23(20-37)25(12-11-24(22)31-40-29(4,5)30(6,7)41-31)33-26-13-10-21(18-32-26)36-16-14-34(8)15-17-36/h10-13,18,20H,14-17,19H2,1-9H3,(H,32,33). The highest BCUT2D eigenvalue weighted by Crippen LogP contribution is 2.37. The Kier molecular flexibility index (Phi) is 8.73. The van der Waals surface area contributed by atoms with Crippen LogP contribution >= 0.6 is 0 Å². The molecule has 0 spiro atoms. The van der Waals surface area contributed by atoms with E-state index in [1.165, 1.54) is 4.90 Å². The van der Waals surface area contributed by atoms with Crippen LogP contribution in [-0.4, -0.2) is 91.4 Å². The summed E-state index contributed by atoms with van der Waals surface area (Å²) in [5.41, 5.74) is 1.55. The second-order valence-corrected chi connectivity index (χ2v) is 13.0. The fraction of sp³-hybridized carbons (Fsp3) is 0.567. The van der Waals surface area contributed by atoms with Gasteiger partial charge in [0.25, 0.3) is 0 Å². The van der Waals surface area contributed by atoms with Crippen LogP contribution in [0.3, 0.4) is 0 Å². The monoisotopic (exact) mass is 565 g/mol. The van der Waals surface area contributed by atoms with Crippen LogP contribution in [0.5, 0.6) is 0 Å². The number of hydrogen-bond acceptors (Lipinski definition) is 9. The molecular formula is C30H44BN5O5. The highest BCUT2D eigenvalue weighted by Gasteiger charge is 2.52. The molecule has 2 aliphatic heterocycles. The van der Waals surface area contributed by atoms with Crippen molar-refractivity contribution in [2.24, 2.45) is 0 Å². The molecule has 3 heterocycles. The summed E-state index contributed by atoms with van der Waals surface area (Å²) in [5, 5.41) is 3.31. The summed E-state index contributed by atoms with van der Waals surface area (Å²) >= 11 is 0. The van der Waals surface area contributed by atoms with Crippen LogP contribution < -0.4 is 15.7 Å². The molecule has 0 radical (unpaired) electrons. The van der Waals surface area contributed by atoms with E-state index in [2.05, 4.69) is 27.1 Å². The van der Waals surface area contributed by atoms with Gasteiger partial charge in [-0.2, -0.15) is 0 Å². The predicted octanol–water partition coefficient (Wildman–Crippen LogP) is 4.06. The zero-order chi connectivity index (χ0) is 30.2. The first kappa shape index (κ1) is 30.8. The number of amides is 1. The van der Waals surface area contributed by atoms with Crippen molar-refractivity contribution in [3.8, 4) is 0 Å². The quantitative estimate of drug-likeness (QED) is 0.394. The van der Waals surface area contributed by atoms with Gasteiger partial charge in [-0.3, -0.25) is 4.79 Å². The van der Waals surface area contributed by atoms with E-state index < -0.39 is 30.0 Å². The Morgan fingerprint density at radius 1 is 1.10 bits per heavy atom. The highest BCUT2D eigenvalue weighted by molar-refractivity contribution is 6.62. The number of ether oxygens (including phenoxy) is 1. The molecule has 10 nitrogen and oxygen atoms in total. The number of likely N-dealkylation sites (N-methyl/N-ethyl adjacent to an activating group) is 1. The van der Waals surface area contributed by atoms with Crippen molar-refractivity contribution in [2.75, 3.05) is 50.5 Å². The summed E-state index contributed by atoms with van der Waals surface area (Å²) < 4.78 is 18.2. The van der Waals surface area contributed by atoms with Gasteiger partial charge in [0.1, 0.15) is 11.4 Å². The molecule has 1 amide bonds. The van der Waals surface area contributed by atoms with Crippen molar-refractivity contribution in [3.63, 3.8) is 0 Å². The molecule has 41 heavy (non-hydrogen) atoms. The maximum atomic E-state index is 12.9. The number of rotatable bonds is 7. The number of carbonyl (C=O) groups excluding carboxylic acids is 2. The van der Waals surface area contributed by atoms with E-state index in [0.29, 0.717) is 28.1 Å². The molecule has 11 heteroatoms. The van der Waals surface area contributed by atoms with Crippen LogP contribution in [0, 0.1) is 0 Å². The maximum Gasteiger partial charge on any atom is 0.495 e. The normalized spacial score (nSPS) is 18.8. The van der Waals surface area contributed by atoms with Crippen molar-refractivity contribution in [1.29, 1.82) is 0 Å². The number of anilines is 3. The number of benzene rings is 1. The van der Waals surface area contributed by atoms with Gasteiger partial charge in [-0.05, 0) is 84.7 Å². The maximum absolute atomic E-state index is 12.9. The minimum absolute atomic E-state index is 0.119. The summed E-state index contributed by atoms with van der Waals surface area (Å²) in [4.78, 5) is 36.2. The first-order valence-corrected chi connectivity index (χ1v) is 14.2. The Morgan fingerprint density at radius 2 is 1.73 bits per heavy atom. The topological polar surface area (TPSA) is 96.5 Å². The van der Waals surface area contributed by atoms with E-state index in [-0.39, 0.29) is 6.54 Å². The molecule has 0 atom stereocenters.